The number of hydrogen-bond acceptors (Lipinski definition) is 3. The fraction of sp³-hybridized carbons (Fsp3) is 0. The molecule has 0 saturated heterocycles. The van der Waals surface area contributed by atoms with Crippen molar-refractivity contribution in [1.82, 2.24) is 0 Å². The first kappa shape index (κ1) is 17.5. The topological polar surface area (TPSA) is 71.3 Å². The van der Waals surface area contributed by atoms with Gasteiger partial charge in [-0.05, 0) is 60.7 Å². The molecule has 6 heteroatoms. The Labute approximate surface area is 155 Å². The lowest BCUT2D eigenvalue weighted by Crippen LogP contribution is -2.12. The number of nitrogens with one attached hydrogen (secondary N) is 2. The van der Waals surface area contributed by atoms with E-state index in [0.29, 0.717) is 27.7 Å². The van der Waals surface area contributed by atoms with Gasteiger partial charge >= 0.3 is 0 Å². The Balaban J connectivity index is 1.58. The third-order valence-corrected chi connectivity index (χ3v) is 3.67. The van der Waals surface area contributed by atoms with Crippen LogP contribution in [0, 0.1) is 0 Å². The average molecular weight is 367 g/mol. The molecule has 2 aromatic carbocycles. The minimum atomic E-state index is -0.280. The van der Waals surface area contributed by atoms with Gasteiger partial charge in [0.05, 0.1) is 6.26 Å². The van der Waals surface area contributed by atoms with E-state index in [1.165, 1.54) is 12.3 Å². The van der Waals surface area contributed by atoms with Crippen LogP contribution < -0.4 is 10.6 Å². The Kier molecular flexibility index (Phi) is 5.51. The van der Waals surface area contributed by atoms with Crippen molar-refractivity contribution in [1.29, 1.82) is 0 Å². The third-order valence-electron chi connectivity index (χ3n) is 3.44. The van der Waals surface area contributed by atoms with Crippen LogP contribution in [0.2, 0.25) is 5.02 Å². The molecule has 130 valence electrons. The van der Waals surface area contributed by atoms with Crippen molar-refractivity contribution in [2.24, 2.45) is 0 Å². The van der Waals surface area contributed by atoms with E-state index in [4.69, 9.17) is 16.0 Å². The van der Waals surface area contributed by atoms with Crippen molar-refractivity contribution < 1.29 is 14.0 Å². The van der Waals surface area contributed by atoms with Crippen molar-refractivity contribution in [3.8, 4) is 0 Å². The molecule has 0 aliphatic rings. The molecule has 0 atom stereocenters. The molecule has 0 saturated carbocycles. The van der Waals surface area contributed by atoms with Crippen molar-refractivity contribution in [3.05, 3.63) is 89.3 Å². The summed E-state index contributed by atoms with van der Waals surface area (Å²) in [5, 5.41) is 6.00. The standard InChI is InChI=1S/C20H15ClN2O3/c21-15-4-1-3-14(13-15)20(25)23-17-8-6-16(7-9-17)22-19(24)11-10-18-5-2-12-26-18/h1-13H,(H,22,24)(H,23,25)/b11-10+. The zero-order valence-corrected chi connectivity index (χ0v) is 14.4. The van der Waals surface area contributed by atoms with Crippen LogP contribution in [0.25, 0.3) is 6.08 Å². The second-order valence-corrected chi connectivity index (χ2v) is 5.82. The third kappa shape index (κ3) is 4.84. The first-order chi connectivity index (χ1) is 12.6. The maximum Gasteiger partial charge on any atom is 0.255 e. The van der Waals surface area contributed by atoms with Gasteiger partial charge in [0.2, 0.25) is 5.91 Å². The summed E-state index contributed by atoms with van der Waals surface area (Å²) in [4.78, 5) is 24.0. The number of carbonyl (C=O) groups excluding carboxylic acids is 2. The van der Waals surface area contributed by atoms with Gasteiger partial charge in [-0.1, -0.05) is 17.7 Å². The lowest BCUT2D eigenvalue weighted by atomic mass is 10.2. The molecular weight excluding hydrogens is 352 g/mol. The van der Waals surface area contributed by atoms with E-state index < -0.39 is 0 Å². The highest BCUT2D eigenvalue weighted by atomic mass is 35.5. The Hall–Kier alpha value is -3.31. The zero-order valence-electron chi connectivity index (χ0n) is 13.6. The van der Waals surface area contributed by atoms with Gasteiger partial charge in [0, 0.05) is 28.0 Å². The van der Waals surface area contributed by atoms with E-state index in [0.717, 1.165) is 0 Å². The van der Waals surface area contributed by atoms with Gasteiger partial charge in [0.15, 0.2) is 0 Å². The first-order valence-electron chi connectivity index (χ1n) is 7.80. The molecule has 3 aromatic rings. The van der Waals surface area contributed by atoms with Gasteiger partial charge in [-0.15, -0.1) is 0 Å². The molecule has 0 aliphatic carbocycles. The van der Waals surface area contributed by atoms with Crippen LogP contribution in [-0.4, -0.2) is 11.8 Å². The number of amides is 2. The lowest BCUT2D eigenvalue weighted by molar-refractivity contribution is -0.111. The summed E-state index contributed by atoms with van der Waals surface area (Å²) < 4.78 is 5.12. The molecule has 1 heterocycles. The van der Waals surface area contributed by atoms with E-state index in [1.54, 1.807) is 66.7 Å². The number of rotatable bonds is 5. The first-order valence-corrected chi connectivity index (χ1v) is 8.17. The Morgan fingerprint density at radius 2 is 1.65 bits per heavy atom. The largest absolute Gasteiger partial charge is 0.465 e. The van der Waals surface area contributed by atoms with Crippen LogP contribution in [0.3, 0.4) is 0 Å². The normalized spacial score (nSPS) is 10.7. The van der Waals surface area contributed by atoms with Crippen LogP contribution in [0.1, 0.15) is 16.1 Å². The van der Waals surface area contributed by atoms with E-state index >= 15 is 0 Å². The zero-order chi connectivity index (χ0) is 18.4. The molecule has 2 N–H and O–H groups in total. The summed E-state index contributed by atoms with van der Waals surface area (Å²) in [6, 6.07) is 17.0. The number of carbonyl (C=O) groups is 2. The van der Waals surface area contributed by atoms with Gasteiger partial charge in [0.1, 0.15) is 5.76 Å². The van der Waals surface area contributed by atoms with Crippen molar-refractivity contribution in [2.75, 3.05) is 10.6 Å². The molecule has 5 nitrogen and oxygen atoms in total. The predicted molar refractivity (Wildman–Crippen MR) is 102 cm³/mol. The Bertz CT molecular complexity index is 932. The van der Waals surface area contributed by atoms with E-state index in [9.17, 15) is 9.59 Å². The molecule has 0 fully saturated rings. The van der Waals surface area contributed by atoms with Crippen molar-refractivity contribution in [2.45, 2.75) is 0 Å². The number of anilines is 2. The maximum atomic E-state index is 12.2. The monoisotopic (exact) mass is 366 g/mol. The number of furan rings is 1. The molecule has 0 radical (unpaired) electrons. The van der Waals surface area contributed by atoms with Gasteiger partial charge in [-0.2, -0.15) is 0 Å². The molecule has 26 heavy (non-hydrogen) atoms. The minimum Gasteiger partial charge on any atom is -0.465 e. The molecule has 1 aromatic heterocycles. The van der Waals surface area contributed by atoms with Gasteiger partial charge in [0.25, 0.3) is 5.91 Å². The van der Waals surface area contributed by atoms with Crippen LogP contribution >= 0.6 is 11.6 Å². The van der Waals surface area contributed by atoms with Gasteiger partial charge < -0.3 is 15.1 Å². The summed E-state index contributed by atoms with van der Waals surface area (Å²) in [6.45, 7) is 0. The highest BCUT2D eigenvalue weighted by molar-refractivity contribution is 6.31. The Morgan fingerprint density at radius 3 is 2.31 bits per heavy atom. The van der Waals surface area contributed by atoms with Crippen LogP contribution in [0.15, 0.2) is 77.4 Å². The molecule has 0 aliphatic heterocycles. The van der Waals surface area contributed by atoms with Gasteiger partial charge in [-0.25, -0.2) is 0 Å². The fourth-order valence-corrected chi connectivity index (χ4v) is 2.39. The lowest BCUT2D eigenvalue weighted by Gasteiger charge is -2.07. The van der Waals surface area contributed by atoms with E-state index in [1.807, 2.05) is 0 Å². The van der Waals surface area contributed by atoms with E-state index in [-0.39, 0.29) is 11.8 Å². The van der Waals surface area contributed by atoms with Crippen molar-refractivity contribution in [3.63, 3.8) is 0 Å². The molecular formula is C20H15ClN2O3. The summed E-state index contributed by atoms with van der Waals surface area (Å²) in [5.41, 5.74) is 1.69. The molecule has 0 bridgehead atoms. The summed E-state index contributed by atoms with van der Waals surface area (Å²) in [7, 11) is 0. The molecule has 2 amide bonds. The van der Waals surface area contributed by atoms with Crippen LogP contribution in [0.5, 0.6) is 0 Å². The van der Waals surface area contributed by atoms with Crippen LogP contribution in [-0.2, 0) is 4.79 Å². The average Bonchev–Trinajstić information content (AvgIpc) is 3.15. The van der Waals surface area contributed by atoms with E-state index in [2.05, 4.69) is 10.6 Å². The van der Waals surface area contributed by atoms with Gasteiger partial charge in [-0.3, -0.25) is 9.59 Å². The van der Waals surface area contributed by atoms with Crippen LogP contribution in [0.4, 0.5) is 11.4 Å². The highest BCUT2D eigenvalue weighted by Crippen LogP contribution is 2.16. The smallest absolute Gasteiger partial charge is 0.255 e. The second kappa shape index (κ2) is 8.18. The maximum absolute atomic E-state index is 12.2. The quantitative estimate of drug-likeness (QED) is 0.635. The SMILES string of the molecule is O=C(/C=C/c1ccco1)Nc1ccc(NC(=O)c2cccc(Cl)c2)cc1. The summed E-state index contributed by atoms with van der Waals surface area (Å²) in [5.74, 6) is 0.0574. The second-order valence-electron chi connectivity index (χ2n) is 5.38. The summed E-state index contributed by atoms with van der Waals surface area (Å²) >= 11 is 5.89. The number of hydrogen-bond donors (Lipinski definition) is 2. The number of halogens is 1. The highest BCUT2D eigenvalue weighted by Gasteiger charge is 2.06. The Morgan fingerprint density at radius 1 is 0.923 bits per heavy atom. The minimum absolute atomic E-state index is 0.259. The molecule has 0 unspecified atom stereocenters. The summed E-state index contributed by atoms with van der Waals surface area (Å²) in [6.07, 6.45) is 4.50. The molecule has 0 spiro atoms. The van der Waals surface area contributed by atoms with Crippen molar-refractivity contribution >= 4 is 40.9 Å². The molecule has 3 rings (SSSR count). The fourth-order valence-electron chi connectivity index (χ4n) is 2.20. The number of benzene rings is 2. The predicted octanol–water partition coefficient (Wildman–Crippen LogP) is 4.84.